The van der Waals surface area contributed by atoms with Gasteiger partial charge in [0, 0.05) is 19.8 Å². The predicted molar refractivity (Wildman–Crippen MR) is 73.3 cm³/mol. The minimum atomic E-state index is 0.538. The van der Waals surface area contributed by atoms with Crippen LogP contribution in [0.2, 0.25) is 5.02 Å². The van der Waals surface area contributed by atoms with E-state index in [0.29, 0.717) is 11.6 Å². The Hall–Kier alpha value is -1.24. The number of terminal acetylenes is 1. The second-order valence-corrected chi connectivity index (χ2v) is 4.28. The maximum absolute atomic E-state index is 6.10. The number of aromatic nitrogens is 1. The Morgan fingerprint density at radius 1 is 1.59 bits per heavy atom. The molecule has 0 spiro atoms. The van der Waals surface area contributed by atoms with Gasteiger partial charge in [0.1, 0.15) is 5.82 Å². The van der Waals surface area contributed by atoms with Crippen molar-refractivity contribution < 1.29 is 0 Å². The van der Waals surface area contributed by atoms with Crippen molar-refractivity contribution in [1.29, 1.82) is 0 Å². The maximum Gasteiger partial charge on any atom is 0.129 e. The molecule has 1 heterocycles. The zero-order valence-electron chi connectivity index (χ0n) is 10.3. The fraction of sp³-hybridized carbons (Fsp3) is 0.462. The average Bonchev–Trinajstić information content (AvgIpc) is 2.32. The molecule has 0 bridgehead atoms. The summed E-state index contributed by atoms with van der Waals surface area (Å²) in [5.41, 5.74) is 1.05. The van der Waals surface area contributed by atoms with Crippen LogP contribution in [0.5, 0.6) is 0 Å². The number of anilines is 1. The zero-order valence-corrected chi connectivity index (χ0v) is 11.1. The number of hydrogen-bond donors (Lipinski definition) is 1. The second-order valence-electron chi connectivity index (χ2n) is 3.87. The van der Waals surface area contributed by atoms with Crippen LogP contribution in [0.3, 0.4) is 0 Å². The van der Waals surface area contributed by atoms with Crippen LogP contribution in [0.1, 0.15) is 18.9 Å². The Kier molecular flexibility index (Phi) is 5.82. The minimum absolute atomic E-state index is 0.538. The lowest BCUT2D eigenvalue weighted by molar-refractivity contribution is 0.675. The molecule has 0 radical (unpaired) electrons. The molecule has 1 aromatic rings. The van der Waals surface area contributed by atoms with Crippen LogP contribution in [0, 0.1) is 12.3 Å². The first-order chi connectivity index (χ1) is 8.19. The lowest BCUT2D eigenvalue weighted by Gasteiger charge is -2.16. The predicted octanol–water partition coefficient (Wildman–Crippen LogP) is 2.30. The van der Waals surface area contributed by atoms with E-state index in [1.54, 1.807) is 6.20 Å². The van der Waals surface area contributed by atoms with Crippen molar-refractivity contribution in [2.24, 2.45) is 0 Å². The summed E-state index contributed by atoms with van der Waals surface area (Å²) in [5, 5.41) is 4.01. The van der Waals surface area contributed by atoms with E-state index in [1.165, 1.54) is 0 Å². The SMILES string of the molecule is C#CCN(C)c1cc(CNCCC)c(Cl)cn1. The standard InChI is InChI=1S/C13H18ClN3/c1-4-6-15-9-11-8-13(16-10-12(11)14)17(3)7-5-2/h2,8,10,15H,4,6-7,9H2,1,3H3. The molecule has 0 amide bonds. The van der Waals surface area contributed by atoms with Gasteiger partial charge in [-0.05, 0) is 24.6 Å². The first kappa shape index (κ1) is 13.8. The molecule has 0 aliphatic heterocycles. The first-order valence-electron chi connectivity index (χ1n) is 5.68. The molecule has 0 saturated heterocycles. The average molecular weight is 252 g/mol. The Morgan fingerprint density at radius 2 is 2.35 bits per heavy atom. The van der Waals surface area contributed by atoms with Gasteiger partial charge >= 0.3 is 0 Å². The quantitative estimate of drug-likeness (QED) is 0.621. The van der Waals surface area contributed by atoms with Gasteiger partial charge in [0.25, 0.3) is 0 Å². The third-order valence-electron chi connectivity index (χ3n) is 2.38. The van der Waals surface area contributed by atoms with Crippen LogP contribution in [0.4, 0.5) is 5.82 Å². The van der Waals surface area contributed by atoms with Crippen LogP contribution >= 0.6 is 11.6 Å². The fourth-order valence-electron chi connectivity index (χ4n) is 1.43. The fourth-order valence-corrected chi connectivity index (χ4v) is 1.60. The van der Waals surface area contributed by atoms with Crippen LogP contribution in [0.25, 0.3) is 0 Å². The molecule has 0 fully saturated rings. The maximum atomic E-state index is 6.10. The molecular formula is C13H18ClN3. The molecule has 1 N–H and O–H groups in total. The highest BCUT2D eigenvalue weighted by molar-refractivity contribution is 6.31. The van der Waals surface area contributed by atoms with Crippen LogP contribution in [-0.2, 0) is 6.54 Å². The Morgan fingerprint density at radius 3 is 3.00 bits per heavy atom. The van der Waals surface area contributed by atoms with Crippen molar-refractivity contribution in [3.63, 3.8) is 0 Å². The molecule has 1 rings (SSSR count). The molecule has 0 aliphatic carbocycles. The Bertz CT molecular complexity index is 398. The van der Waals surface area contributed by atoms with E-state index in [4.69, 9.17) is 18.0 Å². The van der Waals surface area contributed by atoms with Gasteiger partial charge < -0.3 is 10.2 Å². The lowest BCUT2D eigenvalue weighted by Crippen LogP contribution is -2.19. The van der Waals surface area contributed by atoms with Gasteiger partial charge in [-0.2, -0.15) is 0 Å². The molecule has 0 saturated carbocycles. The molecule has 17 heavy (non-hydrogen) atoms. The monoisotopic (exact) mass is 251 g/mol. The van der Waals surface area contributed by atoms with Gasteiger partial charge in [-0.25, -0.2) is 4.98 Å². The Balaban J connectivity index is 2.76. The summed E-state index contributed by atoms with van der Waals surface area (Å²) in [4.78, 5) is 6.17. The third kappa shape index (κ3) is 4.26. The van der Waals surface area contributed by atoms with E-state index in [-0.39, 0.29) is 0 Å². The van der Waals surface area contributed by atoms with Crippen molar-refractivity contribution in [2.45, 2.75) is 19.9 Å². The van der Waals surface area contributed by atoms with Crippen LogP contribution < -0.4 is 10.2 Å². The van der Waals surface area contributed by atoms with Crippen molar-refractivity contribution in [2.75, 3.05) is 25.0 Å². The van der Waals surface area contributed by atoms with Gasteiger partial charge in [0.05, 0.1) is 11.6 Å². The van der Waals surface area contributed by atoms with Crippen molar-refractivity contribution >= 4 is 17.4 Å². The molecular weight excluding hydrogens is 234 g/mol. The molecule has 1 aromatic heterocycles. The number of hydrogen-bond acceptors (Lipinski definition) is 3. The molecule has 0 atom stereocenters. The largest absolute Gasteiger partial charge is 0.349 e. The van der Waals surface area contributed by atoms with E-state index in [1.807, 2.05) is 18.0 Å². The van der Waals surface area contributed by atoms with E-state index in [2.05, 4.69) is 23.1 Å². The lowest BCUT2D eigenvalue weighted by atomic mass is 10.2. The molecule has 0 aliphatic rings. The number of rotatable bonds is 6. The minimum Gasteiger partial charge on any atom is -0.349 e. The van der Waals surface area contributed by atoms with Crippen LogP contribution in [0.15, 0.2) is 12.3 Å². The molecule has 4 heteroatoms. The summed E-state index contributed by atoms with van der Waals surface area (Å²) in [7, 11) is 1.92. The summed E-state index contributed by atoms with van der Waals surface area (Å²) in [5.74, 6) is 3.44. The van der Waals surface area contributed by atoms with E-state index >= 15 is 0 Å². The number of nitrogens with one attached hydrogen (secondary N) is 1. The van der Waals surface area contributed by atoms with Crippen LogP contribution in [-0.4, -0.2) is 25.1 Å². The normalized spacial score (nSPS) is 10.0. The van der Waals surface area contributed by atoms with Gasteiger partial charge in [-0.1, -0.05) is 24.4 Å². The van der Waals surface area contributed by atoms with E-state index in [0.717, 1.165) is 30.9 Å². The van der Waals surface area contributed by atoms with Gasteiger partial charge in [-0.3, -0.25) is 0 Å². The highest BCUT2D eigenvalue weighted by Gasteiger charge is 2.06. The summed E-state index contributed by atoms with van der Waals surface area (Å²) < 4.78 is 0. The summed E-state index contributed by atoms with van der Waals surface area (Å²) in [6.45, 7) is 4.41. The van der Waals surface area contributed by atoms with E-state index in [9.17, 15) is 0 Å². The summed E-state index contributed by atoms with van der Waals surface area (Å²) in [6, 6.07) is 1.97. The van der Waals surface area contributed by atoms with Gasteiger partial charge in [0.15, 0.2) is 0 Å². The molecule has 92 valence electrons. The van der Waals surface area contributed by atoms with E-state index < -0.39 is 0 Å². The van der Waals surface area contributed by atoms with Gasteiger partial charge in [-0.15, -0.1) is 6.42 Å². The highest BCUT2D eigenvalue weighted by Crippen LogP contribution is 2.19. The molecule has 3 nitrogen and oxygen atoms in total. The number of halogens is 1. The van der Waals surface area contributed by atoms with Gasteiger partial charge in [0.2, 0.25) is 0 Å². The highest BCUT2D eigenvalue weighted by atomic mass is 35.5. The number of pyridine rings is 1. The summed E-state index contributed by atoms with van der Waals surface area (Å²) >= 11 is 6.10. The molecule has 0 unspecified atom stereocenters. The van der Waals surface area contributed by atoms with Crippen molar-refractivity contribution in [1.82, 2.24) is 10.3 Å². The summed E-state index contributed by atoms with van der Waals surface area (Å²) in [6.07, 6.45) is 8.05. The molecule has 0 aromatic carbocycles. The first-order valence-corrected chi connectivity index (χ1v) is 6.06. The topological polar surface area (TPSA) is 28.2 Å². The van der Waals surface area contributed by atoms with Crippen molar-refractivity contribution in [3.8, 4) is 12.3 Å². The number of nitrogens with zero attached hydrogens (tertiary/aromatic N) is 2. The third-order valence-corrected chi connectivity index (χ3v) is 2.72. The smallest absolute Gasteiger partial charge is 0.129 e. The van der Waals surface area contributed by atoms with Crippen molar-refractivity contribution in [3.05, 3.63) is 22.8 Å². The zero-order chi connectivity index (χ0) is 12.7. The Labute approximate surface area is 108 Å². The second kappa shape index (κ2) is 7.16.